The molecule has 0 unspecified atom stereocenters. The van der Waals surface area contributed by atoms with E-state index in [-0.39, 0.29) is 18.1 Å². The monoisotopic (exact) mass is 676 g/mol. The lowest BCUT2D eigenvalue weighted by atomic mass is 10.0. The third kappa shape index (κ3) is 7.86. The minimum atomic E-state index is -0.542. The van der Waals surface area contributed by atoms with Crippen LogP contribution in [0.5, 0.6) is 11.5 Å². The molecule has 0 radical (unpaired) electrons. The van der Waals surface area contributed by atoms with Crippen molar-refractivity contribution in [2.45, 2.75) is 33.3 Å². The van der Waals surface area contributed by atoms with Crippen LogP contribution in [0.25, 0.3) is 6.08 Å². The molecule has 1 aliphatic heterocycles. The van der Waals surface area contributed by atoms with Gasteiger partial charge in [0.05, 0.1) is 26.0 Å². The number of hydrogen-bond donors (Lipinski definition) is 1. The van der Waals surface area contributed by atoms with Crippen LogP contribution < -0.4 is 14.8 Å². The standard InChI is InChI=1S/C30H27BrCl2N2O5S/c1-4-39-25-13-19(11-22(31)28(25)40-16-18-5-10-23(32)24(33)12-18)14-26-29(37)35(30(38)41-26)15-27(36)34-21-8-6-20(7-9-21)17(2)3/h5-14,17H,4,15-16H2,1-3H3,(H,34,36)/b26-14+. The smallest absolute Gasteiger partial charge is 0.294 e. The molecule has 214 valence electrons. The van der Waals surface area contributed by atoms with Gasteiger partial charge in [0.2, 0.25) is 5.91 Å². The first kappa shape index (κ1) is 31.0. The molecule has 0 aromatic heterocycles. The van der Waals surface area contributed by atoms with E-state index in [9.17, 15) is 14.4 Å². The van der Waals surface area contributed by atoms with E-state index in [0.29, 0.717) is 49.8 Å². The van der Waals surface area contributed by atoms with Crippen molar-refractivity contribution in [2.75, 3.05) is 18.5 Å². The number of rotatable bonds is 10. The van der Waals surface area contributed by atoms with Gasteiger partial charge in [-0.2, -0.15) is 0 Å². The highest BCUT2D eigenvalue weighted by atomic mass is 79.9. The molecule has 3 aromatic rings. The van der Waals surface area contributed by atoms with Crippen LogP contribution in [0.15, 0.2) is 64.0 Å². The number of ether oxygens (including phenoxy) is 2. The van der Waals surface area contributed by atoms with Gasteiger partial charge >= 0.3 is 0 Å². The summed E-state index contributed by atoms with van der Waals surface area (Å²) in [4.78, 5) is 39.4. The second kappa shape index (κ2) is 13.8. The van der Waals surface area contributed by atoms with Crippen LogP contribution in [0.3, 0.4) is 0 Å². The minimum Gasteiger partial charge on any atom is -0.490 e. The second-order valence-electron chi connectivity index (χ2n) is 9.39. The first-order chi connectivity index (χ1) is 19.5. The zero-order valence-corrected chi connectivity index (χ0v) is 26.4. The Bertz CT molecular complexity index is 1510. The Balaban J connectivity index is 1.46. The summed E-state index contributed by atoms with van der Waals surface area (Å²) in [5.41, 5.74) is 3.17. The third-order valence-corrected chi connectivity index (χ3v) is 8.27. The Morgan fingerprint density at radius 2 is 1.78 bits per heavy atom. The average Bonchev–Trinajstić information content (AvgIpc) is 3.17. The summed E-state index contributed by atoms with van der Waals surface area (Å²) in [6.07, 6.45) is 1.59. The molecule has 1 heterocycles. The number of carbonyl (C=O) groups is 3. The van der Waals surface area contributed by atoms with Gasteiger partial charge in [0.1, 0.15) is 13.2 Å². The van der Waals surface area contributed by atoms with Gasteiger partial charge in [-0.1, -0.05) is 55.2 Å². The third-order valence-electron chi connectivity index (χ3n) is 6.03. The highest BCUT2D eigenvalue weighted by Gasteiger charge is 2.36. The summed E-state index contributed by atoms with van der Waals surface area (Å²) in [5.74, 6) is 0.288. The predicted octanol–water partition coefficient (Wildman–Crippen LogP) is 8.53. The summed E-state index contributed by atoms with van der Waals surface area (Å²) in [6.45, 7) is 6.22. The van der Waals surface area contributed by atoms with E-state index in [1.54, 1.807) is 42.5 Å². The van der Waals surface area contributed by atoms with E-state index in [1.165, 1.54) is 0 Å². The van der Waals surface area contributed by atoms with Gasteiger partial charge in [-0.05, 0) is 99.7 Å². The predicted molar refractivity (Wildman–Crippen MR) is 168 cm³/mol. The molecule has 3 amide bonds. The number of nitrogens with one attached hydrogen (secondary N) is 1. The van der Waals surface area contributed by atoms with Crippen LogP contribution in [-0.4, -0.2) is 35.1 Å². The Kier molecular flexibility index (Phi) is 10.4. The molecule has 1 fully saturated rings. The van der Waals surface area contributed by atoms with E-state index >= 15 is 0 Å². The summed E-state index contributed by atoms with van der Waals surface area (Å²) in [5, 5.41) is 3.11. The van der Waals surface area contributed by atoms with Gasteiger partial charge in [-0.25, -0.2) is 0 Å². The lowest BCUT2D eigenvalue weighted by molar-refractivity contribution is -0.127. The maximum Gasteiger partial charge on any atom is 0.294 e. The number of hydrogen-bond acceptors (Lipinski definition) is 6. The van der Waals surface area contributed by atoms with Crippen LogP contribution in [0.4, 0.5) is 10.5 Å². The van der Waals surface area contributed by atoms with Crippen LogP contribution in [0, 0.1) is 0 Å². The Morgan fingerprint density at radius 3 is 2.44 bits per heavy atom. The summed E-state index contributed by atoms with van der Waals surface area (Å²) < 4.78 is 12.4. The van der Waals surface area contributed by atoms with Gasteiger partial charge in [0.15, 0.2) is 11.5 Å². The van der Waals surface area contributed by atoms with E-state index in [0.717, 1.165) is 27.8 Å². The molecule has 0 spiro atoms. The number of thioether (sulfide) groups is 1. The zero-order chi connectivity index (χ0) is 29.7. The number of nitrogens with zero attached hydrogens (tertiary/aromatic N) is 1. The topological polar surface area (TPSA) is 84.9 Å². The Morgan fingerprint density at radius 1 is 1.05 bits per heavy atom. The first-order valence-electron chi connectivity index (χ1n) is 12.7. The molecule has 1 N–H and O–H groups in total. The molecule has 0 bridgehead atoms. The molecule has 41 heavy (non-hydrogen) atoms. The largest absolute Gasteiger partial charge is 0.490 e. The first-order valence-corrected chi connectivity index (χ1v) is 15.1. The highest BCUT2D eigenvalue weighted by molar-refractivity contribution is 9.10. The second-order valence-corrected chi connectivity index (χ2v) is 12.1. The van der Waals surface area contributed by atoms with E-state index in [4.69, 9.17) is 32.7 Å². The lowest BCUT2D eigenvalue weighted by Crippen LogP contribution is -2.36. The van der Waals surface area contributed by atoms with Gasteiger partial charge < -0.3 is 14.8 Å². The number of carbonyl (C=O) groups excluding carboxylic acids is 3. The van der Waals surface area contributed by atoms with E-state index < -0.39 is 17.1 Å². The Labute approximate surface area is 261 Å². The van der Waals surface area contributed by atoms with Crippen LogP contribution >= 0.6 is 50.9 Å². The van der Waals surface area contributed by atoms with Crippen molar-refractivity contribution >= 4 is 79.7 Å². The molecular weight excluding hydrogens is 651 g/mol. The van der Waals surface area contributed by atoms with Crippen molar-refractivity contribution in [1.82, 2.24) is 4.90 Å². The van der Waals surface area contributed by atoms with Crippen molar-refractivity contribution in [3.05, 3.63) is 90.7 Å². The fourth-order valence-electron chi connectivity index (χ4n) is 3.94. The number of benzene rings is 3. The van der Waals surface area contributed by atoms with Crippen molar-refractivity contribution < 1.29 is 23.9 Å². The highest BCUT2D eigenvalue weighted by Crippen LogP contribution is 2.40. The van der Waals surface area contributed by atoms with E-state index in [2.05, 4.69) is 35.1 Å². The van der Waals surface area contributed by atoms with Gasteiger partial charge in [0, 0.05) is 5.69 Å². The summed E-state index contributed by atoms with van der Waals surface area (Å²) >= 11 is 16.4. The molecule has 0 atom stereocenters. The minimum absolute atomic E-state index is 0.197. The van der Waals surface area contributed by atoms with Crippen molar-refractivity contribution in [3.8, 4) is 11.5 Å². The molecule has 1 aliphatic rings. The van der Waals surface area contributed by atoms with Crippen molar-refractivity contribution in [1.29, 1.82) is 0 Å². The number of anilines is 1. The number of amides is 3. The lowest BCUT2D eigenvalue weighted by Gasteiger charge is -2.15. The number of imide groups is 1. The Hall–Kier alpha value is -2.98. The van der Waals surface area contributed by atoms with Gasteiger partial charge in [-0.3, -0.25) is 19.3 Å². The molecule has 0 saturated carbocycles. The number of halogens is 3. The van der Waals surface area contributed by atoms with Crippen molar-refractivity contribution in [2.24, 2.45) is 0 Å². The van der Waals surface area contributed by atoms with E-state index in [1.807, 2.05) is 25.1 Å². The average molecular weight is 678 g/mol. The summed E-state index contributed by atoms with van der Waals surface area (Å²) in [6, 6.07) is 16.2. The maximum absolute atomic E-state index is 13.0. The fraction of sp³-hybridized carbons (Fsp3) is 0.233. The molecule has 11 heteroatoms. The molecule has 3 aromatic carbocycles. The molecule has 7 nitrogen and oxygen atoms in total. The SMILES string of the molecule is CCOc1cc(/C=C2/SC(=O)N(CC(=O)Nc3ccc(C(C)C)cc3)C2=O)cc(Br)c1OCc1ccc(Cl)c(Cl)c1. The summed E-state index contributed by atoms with van der Waals surface area (Å²) in [7, 11) is 0. The quantitative estimate of drug-likeness (QED) is 0.217. The molecular formula is C30H27BrCl2N2O5S. The van der Waals surface area contributed by atoms with Gasteiger partial charge in [0.25, 0.3) is 11.1 Å². The molecule has 1 saturated heterocycles. The van der Waals surface area contributed by atoms with Gasteiger partial charge in [-0.15, -0.1) is 0 Å². The normalized spacial score (nSPS) is 14.2. The van der Waals surface area contributed by atoms with Crippen molar-refractivity contribution in [3.63, 3.8) is 0 Å². The zero-order valence-electron chi connectivity index (χ0n) is 22.5. The van der Waals surface area contributed by atoms with Crippen LogP contribution in [0.1, 0.15) is 43.4 Å². The molecule has 4 rings (SSSR count). The van der Waals surface area contributed by atoms with Crippen LogP contribution in [0.2, 0.25) is 10.0 Å². The molecule has 0 aliphatic carbocycles. The maximum atomic E-state index is 13.0. The van der Waals surface area contributed by atoms with Crippen LogP contribution in [-0.2, 0) is 16.2 Å². The fourth-order valence-corrected chi connectivity index (χ4v) is 5.68.